The second kappa shape index (κ2) is 13.9. The molecule has 1 atom stereocenters. The minimum absolute atomic E-state index is 0.181. The Morgan fingerprint density at radius 3 is 2.66 bits per heavy atom. The molecule has 0 bridgehead atoms. The van der Waals surface area contributed by atoms with Crippen LogP contribution in [0.25, 0.3) is 11.0 Å². The van der Waals surface area contributed by atoms with Crippen molar-refractivity contribution in [1.82, 2.24) is 24.8 Å². The van der Waals surface area contributed by atoms with E-state index in [0.717, 1.165) is 11.3 Å². The molecule has 0 aliphatic carbocycles. The van der Waals surface area contributed by atoms with E-state index in [0.29, 0.717) is 29.4 Å². The van der Waals surface area contributed by atoms with Gasteiger partial charge in [0.25, 0.3) is 5.56 Å². The molecule has 10 nitrogen and oxygen atoms in total. The third-order valence-corrected chi connectivity index (χ3v) is 6.81. The van der Waals surface area contributed by atoms with E-state index in [-0.39, 0.29) is 53.9 Å². The molecule has 0 radical (unpaired) electrons. The Morgan fingerprint density at radius 2 is 2.00 bits per heavy atom. The van der Waals surface area contributed by atoms with Gasteiger partial charge in [-0.3, -0.25) is 19.4 Å². The van der Waals surface area contributed by atoms with Gasteiger partial charge in [0, 0.05) is 43.5 Å². The fourth-order valence-electron chi connectivity index (χ4n) is 4.54. The second-order valence-electron chi connectivity index (χ2n) is 10.6. The highest BCUT2D eigenvalue weighted by Gasteiger charge is 2.23. The van der Waals surface area contributed by atoms with Gasteiger partial charge >= 0.3 is 6.09 Å². The number of likely N-dealkylation sites (N-methyl/N-ethyl adjacent to an activating group) is 1. The average Bonchev–Trinajstić information content (AvgIpc) is 3.24. The Labute approximate surface area is 238 Å². The number of ketones is 1. The number of H-pyrrole nitrogens is 1. The van der Waals surface area contributed by atoms with Crippen LogP contribution in [0.15, 0.2) is 41.5 Å². The summed E-state index contributed by atoms with van der Waals surface area (Å²) in [6.07, 6.45) is 6.05. The number of carbonyl (C=O) groups is 3. The monoisotopic (exact) mass is 567 g/mol. The van der Waals surface area contributed by atoms with Crippen molar-refractivity contribution in [3.8, 4) is 0 Å². The highest BCUT2D eigenvalue weighted by molar-refractivity contribution is 5.89. The van der Waals surface area contributed by atoms with E-state index >= 15 is 0 Å². The summed E-state index contributed by atoms with van der Waals surface area (Å²) in [7, 11) is 4.46. The summed E-state index contributed by atoms with van der Waals surface area (Å²) in [6, 6.07) is 2.35. The van der Waals surface area contributed by atoms with Crippen molar-refractivity contribution < 1.29 is 23.5 Å². The second-order valence-corrected chi connectivity index (χ2v) is 10.6. The van der Waals surface area contributed by atoms with Gasteiger partial charge in [0.1, 0.15) is 5.82 Å². The number of amides is 2. The molecule has 2 N–H and O–H groups in total. The van der Waals surface area contributed by atoms with E-state index in [1.165, 1.54) is 28.8 Å². The first-order chi connectivity index (χ1) is 19.4. The van der Waals surface area contributed by atoms with Crippen LogP contribution in [0.3, 0.4) is 0 Å². The molecule has 0 aromatic carbocycles. The van der Waals surface area contributed by atoms with Gasteiger partial charge in [-0.15, -0.1) is 0 Å². The van der Waals surface area contributed by atoms with Crippen LogP contribution < -0.4 is 10.9 Å². The highest BCUT2D eigenvalue weighted by Crippen LogP contribution is 2.26. The summed E-state index contributed by atoms with van der Waals surface area (Å²) in [6.45, 7) is 6.09. The molecule has 3 aromatic heterocycles. The lowest BCUT2D eigenvalue weighted by Crippen LogP contribution is -2.42. The lowest BCUT2D eigenvalue weighted by Gasteiger charge is -2.16. The van der Waals surface area contributed by atoms with Crippen molar-refractivity contribution in [1.29, 1.82) is 0 Å². The normalized spacial score (nSPS) is 12.2. The number of aromatic nitrogens is 3. The minimum atomic E-state index is -0.911. The molecule has 11 heteroatoms. The maximum Gasteiger partial charge on any atom is 0.407 e. The Bertz CT molecular complexity index is 1500. The molecule has 3 aromatic rings. The average molecular weight is 568 g/mol. The van der Waals surface area contributed by atoms with Gasteiger partial charge in [0.15, 0.2) is 5.78 Å². The quantitative estimate of drug-likeness (QED) is 0.322. The molecule has 0 unspecified atom stereocenters. The van der Waals surface area contributed by atoms with Crippen LogP contribution in [0.4, 0.5) is 9.18 Å². The molecule has 0 aliphatic rings. The van der Waals surface area contributed by atoms with Gasteiger partial charge in [0.05, 0.1) is 36.9 Å². The van der Waals surface area contributed by atoms with E-state index in [4.69, 9.17) is 0 Å². The summed E-state index contributed by atoms with van der Waals surface area (Å²) >= 11 is 0. The Kier molecular flexibility index (Phi) is 10.6. The first kappa shape index (κ1) is 31.3. The van der Waals surface area contributed by atoms with Gasteiger partial charge in [-0.05, 0) is 49.8 Å². The lowest BCUT2D eigenvalue weighted by atomic mass is 10.0. The summed E-state index contributed by atoms with van der Waals surface area (Å²) < 4.78 is 20.7. The van der Waals surface area contributed by atoms with Crippen LogP contribution in [0.5, 0.6) is 0 Å². The molecular weight excluding hydrogens is 529 g/mol. The maximum atomic E-state index is 14.6. The number of Topliss-reactive ketones (excluding diaryl/α,β-unsaturated/α-hetero) is 1. The molecule has 3 heterocycles. The third-order valence-electron chi connectivity index (χ3n) is 6.81. The van der Waals surface area contributed by atoms with Crippen molar-refractivity contribution in [3.05, 3.63) is 75.2 Å². The predicted molar refractivity (Wildman–Crippen MR) is 154 cm³/mol. The van der Waals surface area contributed by atoms with Crippen molar-refractivity contribution in [2.75, 3.05) is 21.2 Å². The Balaban J connectivity index is 1.82. The molecule has 220 valence electrons. The zero-order chi connectivity index (χ0) is 30.3. The highest BCUT2D eigenvalue weighted by atomic mass is 19.1. The number of halogens is 1. The number of pyridine rings is 2. The number of aryl methyl sites for hydroxylation is 1. The fourth-order valence-corrected chi connectivity index (χ4v) is 4.54. The van der Waals surface area contributed by atoms with Crippen LogP contribution in [0.2, 0.25) is 0 Å². The molecule has 0 saturated heterocycles. The third kappa shape index (κ3) is 7.90. The zero-order valence-corrected chi connectivity index (χ0v) is 24.4. The van der Waals surface area contributed by atoms with Gasteiger partial charge < -0.3 is 24.5 Å². The number of alkyl carbamates (subject to hydrolysis) is 1. The summed E-state index contributed by atoms with van der Waals surface area (Å²) in [4.78, 5) is 59.2. The molecule has 0 spiro atoms. The van der Waals surface area contributed by atoms with Gasteiger partial charge in [0.2, 0.25) is 5.91 Å². The van der Waals surface area contributed by atoms with Gasteiger partial charge in [-0.1, -0.05) is 26.0 Å². The number of allylic oxidation sites excluding steroid dienone is 1. The van der Waals surface area contributed by atoms with Crippen molar-refractivity contribution >= 4 is 28.8 Å². The predicted octanol–water partition coefficient (Wildman–Crippen LogP) is 3.68. The molecule has 3 rings (SSSR count). The first-order valence-electron chi connectivity index (χ1n) is 13.5. The number of fused-ring (bicyclic) bond motifs is 1. The van der Waals surface area contributed by atoms with Crippen LogP contribution in [-0.2, 0) is 33.7 Å². The number of aromatic amines is 1. The summed E-state index contributed by atoms with van der Waals surface area (Å²) in [5, 5.41) is 2.53. The van der Waals surface area contributed by atoms with Crippen molar-refractivity contribution in [2.24, 2.45) is 5.92 Å². The van der Waals surface area contributed by atoms with E-state index < -0.39 is 12.1 Å². The SMILES string of the molecule is COC(=O)N[C@@H](CC/C=C/C(=O)N(C)C)C(=O)Cc1cccn(Cc2[nH]c3c(CC(C)C)c(F)cnc3c2C)c1=O. The number of nitrogens with zero attached hydrogens (tertiary/aromatic N) is 3. The number of ether oxygens (including phenoxy) is 1. The van der Waals surface area contributed by atoms with Crippen LogP contribution in [-0.4, -0.2) is 64.5 Å². The van der Waals surface area contributed by atoms with E-state index in [9.17, 15) is 23.6 Å². The number of hydrogen-bond acceptors (Lipinski definition) is 6. The largest absolute Gasteiger partial charge is 0.453 e. The molecule has 41 heavy (non-hydrogen) atoms. The minimum Gasteiger partial charge on any atom is -0.453 e. The Morgan fingerprint density at radius 1 is 1.27 bits per heavy atom. The van der Waals surface area contributed by atoms with Gasteiger partial charge in [-0.25, -0.2) is 9.18 Å². The fraction of sp³-hybridized carbons (Fsp3) is 0.433. The standard InChI is InChI=1S/C30H38FN5O5/c1-18(2)14-21-22(31)16-32-27-19(3)24(33-28(21)27)17-36-13-9-10-20(29(36)39)15-25(37)23(34-30(40)41-6)11-7-8-12-26(38)35(4)5/h8-10,12-13,16,18,23,33H,7,11,14-15,17H2,1-6H3,(H,34,40)/b12-8+/t23-/m0/s1. The molecular formula is C30H38FN5O5. The van der Waals surface area contributed by atoms with Crippen LogP contribution >= 0.6 is 0 Å². The number of nitrogens with one attached hydrogen (secondary N) is 2. The van der Waals surface area contributed by atoms with E-state index in [1.54, 1.807) is 38.5 Å². The molecule has 0 saturated carbocycles. The van der Waals surface area contributed by atoms with Crippen LogP contribution in [0.1, 0.15) is 49.1 Å². The summed E-state index contributed by atoms with van der Waals surface area (Å²) in [5.74, 6) is -0.682. The van der Waals surface area contributed by atoms with E-state index in [1.807, 2.05) is 20.8 Å². The first-order valence-corrected chi connectivity index (χ1v) is 13.5. The van der Waals surface area contributed by atoms with Crippen LogP contribution in [0, 0.1) is 18.7 Å². The number of rotatable bonds is 12. The maximum absolute atomic E-state index is 14.6. The number of carbonyl (C=O) groups excluding carboxylic acids is 3. The van der Waals surface area contributed by atoms with Crippen molar-refractivity contribution in [3.63, 3.8) is 0 Å². The van der Waals surface area contributed by atoms with Gasteiger partial charge in [-0.2, -0.15) is 0 Å². The Hall–Kier alpha value is -4.28. The molecule has 2 amide bonds. The zero-order valence-electron chi connectivity index (χ0n) is 24.4. The number of hydrogen-bond donors (Lipinski definition) is 2. The lowest BCUT2D eigenvalue weighted by molar-refractivity contribution is -0.123. The molecule has 0 aliphatic heterocycles. The summed E-state index contributed by atoms with van der Waals surface area (Å²) in [5.41, 5.74) is 3.31. The molecule has 0 fully saturated rings. The smallest absolute Gasteiger partial charge is 0.407 e. The van der Waals surface area contributed by atoms with Crippen molar-refractivity contribution in [2.45, 2.75) is 59.0 Å². The topological polar surface area (TPSA) is 126 Å². The van der Waals surface area contributed by atoms with E-state index in [2.05, 4.69) is 20.0 Å². The number of methoxy groups -OCH3 is 1.